The number of benzene rings is 1. The maximum atomic E-state index is 13.0. The van der Waals surface area contributed by atoms with E-state index in [0.717, 1.165) is 29.9 Å². The van der Waals surface area contributed by atoms with E-state index in [1.165, 1.54) is 25.7 Å². The predicted octanol–water partition coefficient (Wildman–Crippen LogP) is 3.54. The minimum atomic E-state index is -3.55. The number of rotatable bonds is 6. The van der Waals surface area contributed by atoms with Crippen molar-refractivity contribution in [2.45, 2.75) is 50.5 Å². The highest BCUT2D eigenvalue weighted by molar-refractivity contribution is 7.89. The summed E-state index contributed by atoms with van der Waals surface area (Å²) >= 11 is 0. The van der Waals surface area contributed by atoms with Gasteiger partial charge in [-0.05, 0) is 69.1 Å². The van der Waals surface area contributed by atoms with E-state index in [1.807, 2.05) is 45.3 Å². The predicted molar refractivity (Wildman–Crippen MR) is 109 cm³/mol. The Bertz CT molecular complexity index is 865. The lowest BCUT2D eigenvalue weighted by molar-refractivity contribution is 0.199. The molecule has 1 aromatic heterocycles. The lowest BCUT2D eigenvalue weighted by Gasteiger charge is -2.31. The van der Waals surface area contributed by atoms with E-state index in [2.05, 4.69) is 20.3 Å². The zero-order chi connectivity index (χ0) is 19.4. The maximum Gasteiger partial charge on any atom is 0.240 e. The highest BCUT2D eigenvalue weighted by atomic mass is 32.2. The van der Waals surface area contributed by atoms with Gasteiger partial charge in [0.05, 0.1) is 10.9 Å². The molecule has 0 aliphatic carbocycles. The van der Waals surface area contributed by atoms with Crippen LogP contribution in [0.1, 0.15) is 48.5 Å². The van der Waals surface area contributed by atoms with E-state index < -0.39 is 10.0 Å². The fourth-order valence-corrected chi connectivity index (χ4v) is 5.28. The van der Waals surface area contributed by atoms with Crippen molar-refractivity contribution in [2.24, 2.45) is 7.05 Å². The zero-order valence-corrected chi connectivity index (χ0v) is 17.4. The van der Waals surface area contributed by atoms with Gasteiger partial charge in [-0.25, -0.2) is 13.1 Å². The van der Waals surface area contributed by atoms with Crippen molar-refractivity contribution in [1.29, 1.82) is 0 Å². The Hall–Kier alpha value is -1.63. The summed E-state index contributed by atoms with van der Waals surface area (Å²) in [5, 5.41) is 0. The third kappa shape index (κ3) is 4.81. The average Bonchev–Trinajstić information content (AvgIpc) is 2.88. The molecule has 1 N–H and O–H groups in total. The first kappa shape index (κ1) is 20.1. The van der Waals surface area contributed by atoms with Crippen molar-refractivity contribution in [3.63, 3.8) is 0 Å². The Labute approximate surface area is 163 Å². The van der Waals surface area contributed by atoms with E-state index >= 15 is 0 Å². The second kappa shape index (κ2) is 8.59. The zero-order valence-electron chi connectivity index (χ0n) is 16.6. The van der Waals surface area contributed by atoms with Crippen LogP contribution in [0.4, 0.5) is 0 Å². The van der Waals surface area contributed by atoms with Gasteiger partial charge < -0.3 is 4.57 Å². The lowest BCUT2D eigenvalue weighted by Crippen LogP contribution is -2.39. The molecule has 0 saturated carbocycles. The molecule has 1 aromatic carbocycles. The minimum absolute atomic E-state index is 0.0444. The fourth-order valence-electron chi connectivity index (χ4n) is 3.91. The quantitative estimate of drug-likeness (QED) is 0.822. The van der Waals surface area contributed by atoms with Crippen LogP contribution in [0.25, 0.3) is 0 Å². The number of likely N-dealkylation sites (tertiary alicyclic amines) is 1. The molecule has 2 heterocycles. The van der Waals surface area contributed by atoms with Crippen LogP contribution in [0.15, 0.2) is 41.4 Å². The third-order valence-electron chi connectivity index (χ3n) is 5.51. The van der Waals surface area contributed by atoms with E-state index in [9.17, 15) is 8.42 Å². The third-order valence-corrected chi connectivity index (χ3v) is 7.07. The molecule has 1 unspecified atom stereocenters. The molecular weight excluding hydrogens is 358 g/mol. The molecule has 0 amide bonds. The average molecular weight is 390 g/mol. The molecular formula is C21H31N3O2S. The van der Waals surface area contributed by atoms with Crippen molar-refractivity contribution >= 4 is 10.0 Å². The van der Waals surface area contributed by atoms with Crippen LogP contribution in [-0.2, 0) is 17.1 Å². The standard InChI is InChI=1S/C21H31N3O2S/c1-17-10-11-18(2)21(15-17)27(25,26)22-16-20(19-9-8-12-23(19)3)24-13-6-4-5-7-14-24/h8-12,15,20,22H,4-7,13-14,16H2,1-3H3. The first-order valence-electron chi connectivity index (χ1n) is 9.81. The van der Waals surface area contributed by atoms with Gasteiger partial charge in [0.1, 0.15) is 0 Å². The summed E-state index contributed by atoms with van der Waals surface area (Å²) in [4.78, 5) is 2.82. The first-order valence-corrected chi connectivity index (χ1v) is 11.3. The van der Waals surface area contributed by atoms with Gasteiger partial charge >= 0.3 is 0 Å². The van der Waals surface area contributed by atoms with Crippen molar-refractivity contribution in [3.05, 3.63) is 53.3 Å². The van der Waals surface area contributed by atoms with Gasteiger partial charge in [0.15, 0.2) is 0 Å². The number of nitrogens with zero attached hydrogens (tertiary/aromatic N) is 2. The Morgan fingerprint density at radius 2 is 1.78 bits per heavy atom. The molecule has 148 valence electrons. The smallest absolute Gasteiger partial charge is 0.240 e. The molecule has 0 spiro atoms. The molecule has 1 saturated heterocycles. The summed E-state index contributed by atoms with van der Waals surface area (Å²) in [7, 11) is -1.52. The summed E-state index contributed by atoms with van der Waals surface area (Å²) in [5.41, 5.74) is 2.88. The van der Waals surface area contributed by atoms with E-state index in [4.69, 9.17) is 0 Å². The monoisotopic (exact) mass is 389 g/mol. The largest absolute Gasteiger partial charge is 0.353 e. The van der Waals surface area contributed by atoms with E-state index in [-0.39, 0.29) is 6.04 Å². The fraction of sp³-hybridized carbons (Fsp3) is 0.524. The summed E-state index contributed by atoms with van der Waals surface area (Å²) in [6.45, 7) is 6.18. The molecule has 0 bridgehead atoms. The van der Waals surface area contributed by atoms with Crippen molar-refractivity contribution < 1.29 is 8.42 Å². The molecule has 27 heavy (non-hydrogen) atoms. The van der Waals surface area contributed by atoms with Crippen LogP contribution >= 0.6 is 0 Å². The highest BCUT2D eigenvalue weighted by Crippen LogP contribution is 2.25. The molecule has 1 aliphatic heterocycles. The maximum absolute atomic E-state index is 13.0. The van der Waals surface area contributed by atoms with Gasteiger partial charge in [0.2, 0.25) is 10.0 Å². The van der Waals surface area contributed by atoms with Crippen LogP contribution in [0.5, 0.6) is 0 Å². The van der Waals surface area contributed by atoms with Crippen molar-refractivity contribution in [2.75, 3.05) is 19.6 Å². The number of sulfonamides is 1. The van der Waals surface area contributed by atoms with Crippen molar-refractivity contribution in [1.82, 2.24) is 14.2 Å². The molecule has 6 heteroatoms. The summed E-state index contributed by atoms with van der Waals surface area (Å²) < 4.78 is 30.9. The van der Waals surface area contributed by atoms with E-state index in [1.54, 1.807) is 6.07 Å². The molecule has 2 aromatic rings. The summed E-state index contributed by atoms with van der Waals surface area (Å²) in [5.74, 6) is 0. The highest BCUT2D eigenvalue weighted by Gasteiger charge is 2.26. The molecule has 3 rings (SSSR count). The van der Waals surface area contributed by atoms with Crippen LogP contribution in [0, 0.1) is 13.8 Å². The van der Waals surface area contributed by atoms with Crippen LogP contribution in [0.2, 0.25) is 0 Å². The van der Waals surface area contributed by atoms with E-state index in [0.29, 0.717) is 11.4 Å². The van der Waals surface area contributed by atoms with Crippen LogP contribution < -0.4 is 4.72 Å². The molecule has 1 aliphatic rings. The molecule has 5 nitrogen and oxygen atoms in total. The summed E-state index contributed by atoms with van der Waals surface area (Å²) in [6, 6.07) is 9.73. The number of hydrogen-bond acceptors (Lipinski definition) is 3. The number of aromatic nitrogens is 1. The normalized spacial score (nSPS) is 17.6. The van der Waals surface area contributed by atoms with Gasteiger partial charge in [-0.3, -0.25) is 4.90 Å². The second-order valence-corrected chi connectivity index (χ2v) is 9.37. The lowest BCUT2D eigenvalue weighted by atomic mass is 10.1. The molecule has 1 atom stereocenters. The van der Waals surface area contributed by atoms with Crippen LogP contribution in [-0.4, -0.2) is 37.5 Å². The molecule has 1 fully saturated rings. The SMILES string of the molecule is Cc1ccc(C)c(S(=O)(=O)NCC(c2cccn2C)N2CCCCCC2)c1. The number of hydrogen-bond donors (Lipinski definition) is 1. The minimum Gasteiger partial charge on any atom is -0.353 e. The number of nitrogens with one attached hydrogen (secondary N) is 1. The van der Waals surface area contributed by atoms with Gasteiger partial charge in [0, 0.05) is 25.5 Å². The Morgan fingerprint density at radius 1 is 1.07 bits per heavy atom. The Kier molecular flexibility index (Phi) is 6.40. The molecule has 0 radical (unpaired) electrons. The van der Waals surface area contributed by atoms with Gasteiger partial charge in [-0.1, -0.05) is 25.0 Å². The van der Waals surface area contributed by atoms with Crippen LogP contribution in [0.3, 0.4) is 0 Å². The van der Waals surface area contributed by atoms with Gasteiger partial charge in [-0.15, -0.1) is 0 Å². The van der Waals surface area contributed by atoms with Gasteiger partial charge in [-0.2, -0.15) is 0 Å². The topological polar surface area (TPSA) is 54.3 Å². The summed E-state index contributed by atoms with van der Waals surface area (Å²) in [6.07, 6.45) is 6.88. The van der Waals surface area contributed by atoms with Gasteiger partial charge in [0.25, 0.3) is 0 Å². The first-order chi connectivity index (χ1) is 12.9. The second-order valence-electron chi connectivity index (χ2n) is 7.63. The van der Waals surface area contributed by atoms with Crippen molar-refractivity contribution in [3.8, 4) is 0 Å². The Balaban J connectivity index is 1.84. The number of aryl methyl sites for hydroxylation is 3. The Morgan fingerprint density at radius 3 is 2.41 bits per heavy atom.